The minimum Gasteiger partial charge on any atom is -0.390 e. The molecule has 0 saturated carbocycles. The van der Waals surface area contributed by atoms with Crippen molar-refractivity contribution in [2.24, 2.45) is 0 Å². The third-order valence-electron chi connectivity index (χ3n) is 4.32. The second-order valence-electron chi connectivity index (χ2n) is 5.29. The number of aliphatic hydroxyl groups is 1. The van der Waals surface area contributed by atoms with Crippen LogP contribution in [0.1, 0.15) is 40.0 Å². The number of aliphatic hydroxyl groups excluding tert-OH is 1. The maximum atomic E-state index is 10.1. The molecule has 1 fully saturated rings. The quantitative estimate of drug-likeness (QED) is 0.687. The molecule has 108 valence electrons. The average Bonchev–Trinajstić information content (AvgIpc) is 2.42. The van der Waals surface area contributed by atoms with Gasteiger partial charge in [-0.15, -0.1) is 0 Å². The number of rotatable bonds is 8. The maximum absolute atomic E-state index is 10.1. The molecule has 1 saturated heterocycles. The molecule has 18 heavy (non-hydrogen) atoms. The van der Waals surface area contributed by atoms with Crippen LogP contribution in [0.3, 0.4) is 0 Å². The standard InChI is InChI=1S/C14H30N2O2/c1-4-14(5-2,6-3)15-11-13(17)12-16-7-9-18-10-8-16/h13,15,17H,4-12H2,1-3H3. The highest BCUT2D eigenvalue weighted by Crippen LogP contribution is 2.18. The number of nitrogens with zero attached hydrogens (tertiary/aromatic N) is 1. The average molecular weight is 258 g/mol. The van der Waals surface area contributed by atoms with E-state index in [2.05, 4.69) is 31.0 Å². The van der Waals surface area contributed by atoms with Gasteiger partial charge in [0.25, 0.3) is 0 Å². The molecule has 0 amide bonds. The van der Waals surface area contributed by atoms with Crippen molar-refractivity contribution in [3.8, 4) is 0 Å². The SMILES string of the molecule is CCC(CC)(CC)NCC(O)CN1CCOCC1. The molecular weight excluding hydrogens is 228 g/mol. The van der Waals surface area contributed by atoms with Gasteiger partial charge in [-0.2, -0.15) is 0 Å². The van der Waals surface area contributed by atoms with Crippen LogP contribution in [-0.4, -0.2) is 61.0 Å². The first-order valence-corrected chi connectivity index (χ1v) is 7.39. The van der Waals surface area contributed by atoms with E-state index in [9.17, 15) is 5.11 Å². The number of nitrogens with one attached hydrogen (secondary N) is 1. The lowest BCUT2D eigenvalue weighted by atomic mass is 9.89. The number of morpholine rings is 1. The van der Waals surface area contributed by atoms with Gasteiger partial charge in [-0.3, -0.25) is 4.90 Å². The predicted octanol–water partition coefficient (Wildman–Crippen LogP) is 1.24. The van der Waals surface area contributed by atoms with E-state index in [1.807, 2.05) is 0 Å². The molecule has 1 unspecified atom stereocenters. The summed E-state index contributed by atoms with van der Waals surface area (Å²) in [7, 11) is 0. The molecule has 0 aromatic rings. The fourth-order valence-corrected chi connectivity index (χ4v) is 2.61. The first-order chi connectivity index (χ1) is 8.65. The fraction of sp³-hybridized carbons (Fsp3) is 1.00. The van der Waals surface area contributed by atoms with Gasteiger partial charge in [-0.25, -0.2) is 0 Å². The second kappa shape index (κ2) is 8.10. The normalized spacial score (nSPS) is 20.0. The Balaban J connectivity index is 2.28. The molecule has 0 aromatic heterocycles. The maximum Gasteiger partial charge on any atom is 0.0791 e. The van der Waals surface area contributed by atoms with Crippen LogP contribution in [0.25, 0.3) is 0 Å². The van der Waals surface area contributed by atoms with E-state index < -0.39 is 0 Å². The summed E-state index contributed by atoms with van der Waals surface area (Å²) >= 11 is 0. The molecule has 0 radical (unpaired) electrons. The zero-order valence-electron chi connectivity index (χ0n) is 12.2. The van der Waals surface area contributed by atoms with Gasteiger partial charge >= 0.3 is 0 Å². The van der Waals surface area contributed by atoms with Crippen molar-refractivity contribution >= 4 is 0 Å². The molecule has 0 bridgehead atoms. The summed E-state index contributed by atoms with van der Waals surface area (Å²) in [5.41, 5.74) is 0.200. The van der Waals surface area contributed by atoms with Gasteiger partial charge in [-0.1, -0.05) is 20.8 Å². The highest BCUT2D eigenvalue weighted by Gasteiger charge is 2.24. The Hall–Kier alpha value is -0.160. The van der Waals surface area contributed by atoms with Crippen molar-refractivity contribution < 1.29 is 9.84 Å². The Kier molecular flexibility index (Phi) is 7.15. The molecule has 0 aliphatic carbocycles. The van der Waals surface area contributed by atoms with Crippen LogP contribution in [0.5, 0.6) is 0 Å². The topological polar surface area (TPSA) is 44.7 Å². The van der Waals surface area contributed by atoms with Crippen LogP contribution in [-0.2, 0) is 4.74 Å². The summed E-state index contributed by atoms with van der Waals surface area (Å²) in [6.45, 7) is 11.6. The van der Waals surface area contributed by atoms with Crippen molar-refractivity contribution in [2.45, 2.75) is 51.7 Å². The summed E-state index contributed by atoms with van der Waals surface area (Å²) < 4.78 is 5.31. The van der Waals surface area contributed by atoms with E-state index in [0.717, 1.165) is 52.1 Å². The van der Waals surface area contributed by atoms with E-state index in [1.165, 1.54) is 0 Å². The Morgan fingerprint density at radius 3 is 2.22 bits per heavy atom. The number of β-amino-alcohol motifs (C(OH)–C–C–N with tert-alkyl or cyclic N) is 1. The lowest BCUT2D eigenvalue weighted by Gasteiger charge is -2.34. The van der Waals surface area contributed by atoms with Gasteiger partial charge in [0.15, 0.2) is 0 Å². The van der Waals surface area contributed by atoms with Gasteiger partial charge in [0.1, 0.15) is 0 Å². The van der Waals surface area contributed by atoms with Gasteiger partial charge in [-0.05, 0) is 19.3 Å². The van der Waals surface area contributed by atoms with Crippen molar-refractivity contribution in [3.63, 3.8) is 0 Å². The Labute approximate surface area is 112 Å². The first kappa shape index (κ1) is 15.9. The third kappa shape index (κ3) is 4.84. The summed E-state index contributed by atoms with van der Waals surface area (Å²) in [5.74, 6) is 0. The van der Waals surface area contributed by atoms with E-state index in [0.29, 0.717) is 6.54 Å². The summed E-state index contributed by atoms with van der Waals surface area (Å²) in [6, 6.07) is 0. The van der Waals surface area contributed by atoms with Crippen molar-refractivity contribution in [1.82, 2.24) is 10.2 Å². The van der Waals surface area contributed by atoms with Crippen LogP contribution in [0.15, 0.2) is 0 Å². The molecular formula is C14H30N2O2. The molecule has 1 atom stereocenters. The zero-order chi connectivity index (χ0) is 13.4. The van der Waals surface area contributed by atoms with Crippen molar-refractivity contribution in [1.29, 1.82) is 0 Å². The smallest absolute Gasteiger partial charge is 0.0791 e. The Bertz CT molecular complexity index is 206. The highest BCUT2D eigenvalue weighted by molar-refractivity contribution is 4.85. The van der Waals surface area contributed by atoms with Crippen LogP contribution >= 0.6 is 0 Å². The van der Waals surface area contributed by atoms with Crippen molar-refractivity contribution in [2.75, 3.05) is 39.4 Å². The van der Waals surface area contributed by atoms with E-state index in [-0.39, 0.29) is 11.6 Å². The molecule has 0 aromatic carbocycles. The molecule has 1 aliphatic heterocycles. The van der Waals surface area contributed by atoms with Gasteiger partial charge in [0.2, 0.25) is 0 Å². The number of ether oxygens (including phenoxy) is 1. The van der Waals surface area contributed by atoms with Gasteiger partial charge in [0, 0.05) is 31.7 Å². The highest BCUT2D eigenvalue weighted by atomic mass is 16.5. The minimum absolute atomic E-state index is 0.200. The largest absolute Gasteiger partial charge is 0.390 e. The Morgan fingerprint density at radius 2 is 1.72 bits per heavy atom. The van der Waals surface area contributed by atoms with Crippen LogP contribution < -0.4 is 5.32 Å². The monoisotopic (exact) mass is 258 g/mol. The Morgan fingerprint density at radius 1 is 1.17 bits per heavy atom. The molecule has 4 heteroatoms. The molecule has 4 nitrogen and oxygen atoms in total. The second-order valence-corrected chi connectivity index (χ2v) is 5.29. The minimum atomic E-state index is -0.285. The van der Waals surface area contributed by atoms with Crippen LogP contribution in [0.4, 0.5) is 0 Å². The molecule has 2 N–H and O–H groups in total. The molecule has 0 spiro atoms. The number of hydrogen-bond acceptors (Lipinski definition) is 4. The van der Waals surface area contributed by atoms with Gasteiger partial charge < -0.3 is 15.2 Å². The van der Waals surface area contributed by atoms with Gasteiger partial charge in [0.05, 0.1) is 19.3 Å². The number of hydrogen-bond donors (Lipinski definition) is 2. The lowest BCUT2D eigenvalue weighted by molar-refractivity contribution is 0.0131. The summed E-state index contributed by atoms with van der Waals surface area (Å²) in [4.78, 5) is 2.28. The summed E-state index contributed by atoms with van der Waals surface area (Å²) in [5, 5.41) is 13.7. The predicted molar refractivity (Wildman–Crippen MR) is 74.9 cm³/mol. The van der Waals surface area contributed by atoms with Crippen molar-refractivity contribution in [3.05, 3.63) is 0 Å². The summed E-state index contributed by atoms with van der Waals surface area (Å²) in [6.07, 6.45) is 3.06. The van der Waals surface area contributed by atoms with E-state index in [4.69, 9.17) is 4.74 Å². The lowest BCUT2D eigenvalue weighted by Crippen LogP contribution is -2.50. The third-order valence-corrected chi connectivity index (χ3v) is 4.32. The van der Waals surface area contributed by atoms with E-state index >= 15 is 0 Å². The zero-order valence-corrected chi connectivity index (χ0v) is 12.2. The van der Waals surface area contributed by atoms with E-state index in [1.54, 1.807) is 0 Å². The van der Waals surface area contributed by atoms with Crippen LogP contribution in [0, 0.1) is 0 Å². The van der Waals surface area contributed by atoms with Crippen LogP contribution in [0.2, 0.25) is 0 Å². The molecule has 1 heterocycles. The molecule has 1 rings (SSSR count). The fourth-order valence-electron chi connectivity index (χ4n) is 2.61. The molecule has 1 aliphatic rings. The first-order valence-electron chi connectivity index (χ1n) is 7.39.